The van der Waals surface area contributed by atoms with Gasteiger partial charge in [0, 0.05) is 24.7 Å². The molecule has 1 nitrogen and oxygen atoms in total. The van der Waals surface area contributed by atoms with Crippen LogP contribution < -0.4 is 0 Å². The zero-order valence-electron chi connectivity index (χ0n) is 7.47. The molecule has 0 spiro atoms. The summed E-state index contributed by atoms with van der Waals surface area (Å²) < 4.78 is 0. The Hall–Kier alpha value is -0.770. The summed E-state index contributed by atoms with van der Waals surface area (Å²) in [5, 5.41) is 0. The largest absolute Gasteiger partial charge is 0.299 e. The Morgan fingerprint density at radius 2 is 2.33 bits per heavy atom. The highest BCUT2D eigenvalue weighted by Crippen LogP contribution is 2.46. The quantitative estimate of drug-likeness (QED) is 0.498. The van der Waals surface area contributed by atoms with Gasteiger partial charge >= 0.3 is 0 Å². The van der Waals surface area contributed by atoms with Gasteiger partial charge in [0.05, 0.1) is 0 Å². The van der Waals surface area contributed by atoms with Crippen LogP contribution in [-0.4, -0.2) is 5.78 Å². The predicted molar refractivity (Wildman–Crippen MR) is 47.4 cm³/mol. The van der Waals surface area contributed by atoms with Gasteiger partial charge in [-0.1, -0.05) is 12.8 Å². The van der Waals surface area contributed by atoms with Crippen LogP contribution >= 0.6 is 0 Å². The Kier molecular flexibility index (Phi) is 1.92. The van der Waals surface area contributed by atoms with E-state index in [0.717, 1.165) is 19.3 Å². The van der Waals surface area contributed by atoms with Gasteiger partial charge in [0.2, 0.25) is 0 Å². The molecule has 2 aliphatic carbocycles. The Bertz CT molecular complexity index is 256. The van der Waals surface area contributed by atoms with Gasteiger partial charge in [0.1, 0.15) is 5.78 Å². The van der Waals surface area contributed by atoms with E-state index in [1.165, 1.54) is 6.42 Å². The third kappa shape index (κ3) is 1.06. The average molecular weight is 162 g/mol. The molecule has 64 valence electrons. The number of carbonyl (C=O) groups excluding carboxylic acids is 1. The van der Waals surface area contributed by atoms with Crippen LogP contribution in [0.15, 0.2) is 0 Å². The zero-order valence-corrected chi connectivity index (χ0v) is 7.47. The van der Waals surface area contributed by atoms with Crippen molar-refractivity contribution in [3.8, 4) is 11.8 Å². The molecule has 0 radical (unpaired) electrons. The summed E-state index contributed by atoms with van der Waals surface area (Å²) >= 11 is 0. The van der Waals surface area contributed by atoms with E-state index in [1.54, 1.807) is 0 Å². The smallest absolute Gasteiger partial charge is 0.137 e. The first-order chi connectivity index (χ1) is 5.83. The average Bonchev–Trinajstić information content (AvgIpc) is 2.56. The van der Waals surface area contributed by atoms with Crippen molar-refractivity contribution >= 4 is 5.78 Å². The van der Waals surface area contributed by atoms with Gasteiger partial charge in [0.15, 0.2) is 0 Å². The maximum atomic E-state index is 11.3. The van der Waals surface area contributed by atoms with Crippen LogP contribution in [0, 0.1) is 29.6 Å². The molecular formula is C11H14O. The third-order valence-corrected chi connectivity index (χ3v) is 3.11. The molecule has 0 aromatic rings. The molecular weight excluding hydrogens is 148 g/mol. The monoisotopic (exact) mass is 162 g/mol. The first kappa shape index (κ1) is 7.86. The van der Waals surface area contributed by atoms with Crippen molar-refractivity contribution in [3.05, 3.63) is 0 Å². The van der Waals surface area contributed by atoms with E-state index in [-0.39, 0.29) is 0 Å². The number of hydrogen-bond donors (Lipinski definition) is 0. The number of carbonyl (C=O) groups is 1. The third-order valence-electron chi connectivity index (χ3n) is 3.11. The molecule has 1 heteroatoms. The van der Waals surface area contributed by atoms with E-state index in [2.05, 4.69) is 18.8 Å². The molecule has 2 saturated carbocycles. The Labute approximate surface area is 73.5 Å². The summed E-state index contributed by atoms with van der Waals surface area (Å²) in [5.41, 5.74) is 0. The molecule has 0 aromatic heterocycles. The topological polar surface area (TPSA) is 17.1 Å². The summed E-state index contributed by atoms with van der Waals surface area (Å²) in [6, 6.07) is 0. The van der Waals surface area contributed by atoms with Crippen LogP contribution in [0.2, 0.25) is 0 Å². The van der Waals surface area contributed by atoms with Crippen molar-refractivity contribution in [1.29, 1.82) is 0 Å². The number of Topliss-reactive ketones (excluding diaryl/α,β-unsaturated/α-hetero) is 1. The lowest BCUT2D eigenvalue weighted by Crippen LogP contribution is -2.09. The molecule has 2 fully saturated rings. The van der Waals surface area contributed by atoms with E-state index >= 15 is 0 Å². The summed E-state index contributed by atoms with van der Waals surface area (Å²) in [6.45, 7) is 2.06. The van der Waals surface area contributed by atoms with Gasteiger partial charge in [-0.3, -0.25) is 4.79 Å². The van der Waals surface area contributed by atoms with Gasteiger partial charge in [0.25, 0.3) is 0 Å². The molecule has 0 amide bonds. The lowest BCUT2D eigenvalue weighted by atomic mass is 9.98. The SMILES string of the molecule is CCC#C[C@H]1[C@@H]2CC[C@H]1C(=O)C2. The molecule has 0 unspecified atom stereocenters. The first-order valence-corrected chi connectivity index (χ1v) is 4.84. The minimum atomic E-state index is 0.314. The number of fused-ring (bicyclic) bond motifs is 2. The van der Waals surface area contributed by atoms with E-state index in [1.807, 2.05) is 0 Å². The minimum absolute atomic E-state index is 0.314. The van der Waals surface area contributed by atoms with Crippen molar-refractivity contribution < 1.29 is 4.79 Å². The fourth-order valence-corrected chi connectivity index (χ4v) is 2.52. The molecule has 0 N–H and O–H groups in total. The van der Waals surface area contributed by atoms with Crippen LogP contribution in [0.5, 0.6) is 0 Å². The highest BCUT2D eigenvalue weighted by atomic mass is 16.1. The molecule has 0 heterocycles. The van der Waals surface area contributed by atoms with Crippen LogP contribution in [-0.2, 0) is 4.79 Å². The summed E-state index contributed by atoms with van der Waals surface area (Å²) in [4.78, 5) is 11.3. The summed E-state index contributed by atoms with van der Waals surface area (Å²) in [5.74, 6) is 8.19. The standard InChI is InChI=1S/C11H14O/c1-2-3-4-9-8-5-6-10(9)11(12)7-8/h8-10H,2,5-7H2,1H3/t8-,9+,10-/m1/s1. The van der Waals surface area contributed by atoms with Crippen molar-refractivity contribution in [2.24, 2.45) is 17.8 Å². The molecule has 2 bridgehead atoms. The van der Waals surface area contributed by atoms with Crippen LogP contribution in [0.1, 0.15) is 32.6 Å². The highest BCUT2D eigenvalue weighted by molar-refractivity contribution is 5.85. The molecule has 12 heavy (non-hydrogen) atoms. The summed E-state index contributed by atoms with van der Waals surface area (Å²) in [6.07, 6.45) is 4.07. The van der Waals surface area contributed by atoms with E-state index in [0.29, 0.717) is 23.5 Å². The maximum absolute atomic E-state index is 11.3. The lowest BCUT2D eigenvalue weighted by Gasteiger charge is -2.04. The van der Waals surface area contributed by atoms with Crippen molar-refractivity contribution in [3.63, 3.8) is 0 Å². The highest BCUT2D eigenvalue weighted by Gasteiger charge is 2.46. The van der Waals surface area contributed by atoms with Gasteiger partial charge in [-0.15, -0.1) is 5.92 Å². The Morgan fingerprint density at radius 1 is 1.50 bits per heavy atom. The molecule has 0 aliphatic heterocycles. The second-order valence-electron chi connectivity index (χ2n) is 3.81. The minimum Gasteiger partial charge on any atom is -0.299 e. The molecule has 3 atom stereocenters. The zero-order chi connectivity index (χ0) is 8.55. The summed E-state index contributed by atoms with van der Waals surface area (Å²) in [7, 11) is 0. The van der Waals surface area contributed by atoms with Gasteiger partial charge in [-0.2, -0.15) is 0 Å². The van der Waals surface area contributed by atoms with Crippen LogP contribution in [0.4, 0.5) is 0 Å². The molecule has 0 saturated heterocycles. The van der Waals surface area contributed by atoms with Crippen LogP contribution in [0.3, 0.4) is 0 Å². The first-order valence-electron chi connectivity index (χ1n) is 4.84. The fourth-order valence-electron chi connectivity index (χ4n) is 2.52. The number of rotatable bonds is 0. The van der Waals surface area contributed by atoms with E-state index < -0.39 is 0 Å². The second-order valence-corrected chi connectivity index (χ2v) is 3.81. The second kappa shape index (κ2) is 2.94. The van der Waals surface area contributed by atoms with Crippen LogP contribution in [0.25, 0.3) is 0 Å². The number of ketones is 1. The van der Waals surface area contributed by atoms with Gasteiger partial charge in [-0.25, -0.2) is 0 Å². The normalized spacial score (nSPS) is 38.1. The van der Waals surface area contributed by atoms with Crippen molar-refractivity contribution in [2.75, 3.05) is 0 Å². The van der Waals surface area contributed by atoms with Gasteiger partial charge < -0.3 is 0 Å². The van der Waals surface area contributed by atoms with Gasteiger partial charge in [-0.05, 0) is 18.8 Å². The maximum Gasteiger partial charge on any atom is 0.137 e. The number of hydrogen-bond acceptors (Lipinski definition) is 1. The Balaban J connectivity index is 2.13. The molecule has 2 aliphatic rings. The molecule has 0 aromatic carbocycles. The van der Waals surface area contributed by atoms with Crippen molar-refractivity contribution in [2.45, 2.75) is 32.6 Å². The van der Waals surface area contributed by atoms with E-state index in [4.69, 9.17) is 0 Å². The lowest BCUT2D eigenvalue weighted by molar-refractivity contribution is -0.121. The Morgan fingerprint density at radius 3 is 2.83 bits per heavy atom. The fraction of sp³-hybridized carbons (Fsp3) is 0.727. The van der Waals surface area contributed by atoms with Crippen molar-refractivity contribution in [1.82, 2.24) is 0 Å². The predicted octanol–water partition coefficient (Wildman–Crippen LogP) is 2.01. The molecule has 2 rings (SSSR count). The van der Waals surface area contributed by atoms with E-state index in [9.17, 15) is 4.79 Å².